The summed E-state index contributed by atoms with van der Waals surface area (Å²) in [5.74, 6) is -1.02. The second kappa shape index (κ2) is 5.90. The van der Waals surface area contributed by atoms with Crippen molar-refractivity contribution in [2.24, 2.45) is 0 Å². The zero-order valence-electron chi connectivity index (χ0n) is 9.91. The van der Waals surface area contributed by atoms with Gasteiger partial charge in [-0.3, -0.25) is 9.52 Å². The minimum atomic E-state index is -3.76. The number of rotatable bonds is 5. The number of hydrogen-bond acceptors (Lipinski definition) is 5. The zero-order valence-corrected chi connectivity index (χ0v) is 13.1. The Morgan fingerprint density at radius 2 is 2.10 bits per heavy atom. The van der Waals surface area contributed by atoms with E-state index in [1.54, 1.807) is 18.2 Å². The Balaban J connectivity index is 2.23. The van der Waals surface area contributed by atoms with E-state index in [4.69, 9.17) is 5.11 Å². The van der Waals surface area contributed by atoms with Crippen molar-refractivity contribution in [2.45, 2.75) is 11.3 Å². The molecule has 6 nitrogen and oxygen atoms in total. The number of aromatic nitrogens is 1. The van der Waals surface area contributed by atoms with Gasteiger partial charge in [-0.2, -0.15) is 0 Å². The molecule has 0 aliphatic rings. The molecule has 0 bridgehead atoms. The summed E-state index contributed by atoms with van der Waals surface area (Å²) in [7, 11) is -3.76. The molecule has 0 saturated heterocycles. The maximum Gasteiger partial charge on any atom is 0.309 e. The minimum absolute atomic E-state index is 0.0926. The van der Waals surface area contributed by atoms with Crippen LogP contribution in [0.25, 0.3) is 0 Å². The third kappa shape index (κ3) is 3.56. The summed E-state index contributed by atoms with van der Waals surface area (Å²) in [5, 5.41) is 10.3. The smallest absolute Gasteiger partial charge is 0.309 e. The number of nitrogens with one attached hydrogen (secondary N) is 1. The lowest BCUT2D eigenvalue weighted by molar-refractivity contribution is -0.136. The van der Waals surface area contributed by atoms with Crippen LogP contribution in [-0.4, -0.2) is 24.5 Å². The maximum atomic E-state index is 12.2. The van der Waals surface area contributed by atoms with Gasteiger partial charge in [-0.15, -0.1) is 11.3 Å². The first kappa shape index (κ1) is 14.9. The molecule has 0 spiro atoms. The number of anilines is 1. The molecule has 0 fully saturated rings. The van der Waals surface area contributed by atoms with Crippen molar-refractivity contribution in [3.63, 3.8) is 0 Å². The topological polar surface area (TPSA) is 96.4 Å². The van der Waals surface area contributed by atoms with E-state index in [1.165, 1.54) is 11.4 Å². The van der Waals surface area contributed by atoms with Gasteiger partial charge in [0, 0.05) is 9.85 Å². The normalized spacial score (nSPS) is 11.2. The lowest BCUT2D eigenvalue weighted by atomic mass is 10.3. The Hall–Kier alpha value is -1.45. The summed E-state index contributed by atoms with van der Waals surface area (Å²) in [6.07, 6.45) is -0.243. The van der Waals surface area contributed by atoms with Gasteiger partial charge >= 0.3 is 5.97 Å². The number of thiazole rings is 1. The van der Waals surface area contributed by atoms with Crippen LogP contribution in [0.1, 0.15) is 5.69 Å². The van der Waals surface area contributed by atoms with Crippen LogP contribution in [-0.2, 0) is 21.2 Å². The van der Waals surface area contributed by atoms with Crippen molar-refractivity contribution in [3.05, 3.63) is 39.8 Å². The van der Waals surface area contributed by atoms with Crippen molar-refractivity contribution >= 4 is 48.4 Å². The summed E-state index contributed by atoms with van der Waals surface area (Å²) in [6, 6.07) is 6.39. The van der Waals surface area contributed by atoms with E-state index in [1.807, 2.05) is 0 Å². The summed E-state index contributed by atoms with van der Waals surface area (Å²) in [5.41, 5.74) is 0.312. The first-order valence-corrected chi connectivity index (χ1v) is 8.47. The molecule has 2 rings (SSSR count). The average Bonchev–Trinajstić information content (AvgIpc) is 2.75. The van der Waals surface area contributed by atoms with Crippen LogP contribution in [0.2, 0.25) is 0 Å². The molecule has 0 atom stereocenters. The molecule has 0 aliphatic heterocycles. The molecule has 9 heteroatoms. The molecule has 1 heterocycles. The van der Waals surface area contributed by atoms with E-state index in [9.17, 15) is 13.2 Å². The molecule has 106 valence electrons. The molecule has 0 saturated carbocycles. The van der Waals surface area contributed by atoms with Crippen molar-refractivity contribution in [1.82, 2.24) is 4.98 Å². The summed E-state index contributed by atoms with van der Waals surface area (Å²) < 4.78 is 27.1. The van der Waals surface area contributed by atoms with E-state index in [2.05, 4.69) is 25.6 Å². The summed E-state index contributed by atoms with van der Waals surface area (Å²) in [4.78, 5) is 14.6. The van der Waals surface area contributed by atoms with Crippen LogP contribution in [0.5, 0.6) is 0 Å². The lowest BCUT2D eigenvalue weighted by Crippen LogP contribution is -2.13. The predicted octanol–water partition coefficient (Wildman–Crippen LogP) is 2.33. The van der Waals surface area contributed by atoms with E-state index in [0.717, 1.165) is 11.3 Å². The maximum absolute atomic E-state index is 12.2. The first-order valence-electron chi connectivity index (χ1n) is 5.32. The molecule has 0 aliphatic carbocycles. The van der Waals surface area contributed by atoms with Crippen LogP contribution in [0.15, 0.2) is 39.0 Å². The Kier molecular flexibility index (Phi) is 4.41. The molecule has 0 amide bonds. The number of benzene rings is 1. The van der Waals surface area contributed by atoms with E-state index in [0.29, 0.717) is 10.2 Å². The van der Waals surface area contributed by atoms with Crippen molar-refractivity contribution < 1.29 is 18.3 Å². The number of nitrogens with zero attached hydrogens (tertiary/aromatic N) is 1. The van der Waals surface area contributed by atoms with Gasteiger partial charge in [0.25, 0.3) is 10.0 Å². The van der Waals surface area contributed by atoms with Crippen LogP contribution < -0.4 is 4.72 Å². The number of carboxylic acid groups (broad SMARTS) is 1. The largest absolute Gasteiger partial charge is 0.481 e. The highest BCUT2D eigenvalue weighted by molar-refractivity contribution is 9.10. The van der Waals surface area contributed by atoms with Gasteiger partial charge in [-0.25, -0.2) is 13.4 Å². The van der Waals surface area contributed by atoms with Gasteiger partial charge in [-0.1, -0.05) is 12.1 Å². The fourth-order valence-corrected chi connectivity index (χ4v) is 4.39. The average molecular weight is 377 g/mol. The highest BCUT2D eigenvalue weighted by Crippen LogP contribution is 2.25. The van der Waals surface area contributed by atoms with Crippen LogP contribution >= 0.6 is 27.3 Å². The van der Waals surface area contributed by atoms with E-state index < -0.39 is 16.0 Å². The number of carbonyl (C=O) groups is 1. The van der Waals surface area contributed by atoms with Crippen LogP contribution in [0.4, 0.5) is 5.13 Å². The summed E-state index contributed by atoms with van der Waals surface area (Å²) in [6.45, 7) is 0. The molecule has 20 heavy (non-hydrogen) atoms. The third-order valence-corrected chi connectivity index (χ3v) is 5.52. The molecule has 1 aromatic carbocycles. The number of aliphatic carboxylic acids is 1. The molecule has 2 aromatic rings. The van der Waals surface area contributed by atoms with Crippen molar-refractivity contribution in [2.75, 3.05) is 4.72 Å². The monoisotopic (exact) mass is 376 g/mol. The lowest BCUT2D eigenvalue weighted by Gasteiger charge is -2.06. The quantitative estimate of drug-likeness (QED) is 0.834. The van der Waals surface area contributed by atoms with Gasteiger partial charge in [-0.05, 0) is 28.1 Å². The van der Waals surface area contributed by atoms with Gasteiger partial charge in [0.2, 0.25) is 0 Å². The zero-order chi connectivity index (χ0) is 14.8. The van der Waals surface area contributed by atoms with Crippen molar-refractivity contribution in [1.29, 1.82) is 0 Å². The summed E-state index contributed by atoms with van der Waals surface area (Å²) >= 11 is 4.21. The Morgan fingerprint density at radius 1 is 1.40 bits per heavy atom. The number of halogens is 1. The Morgan fingerprint density at radius 3 is 2.75 bits per heavy atom. The molecule has 1 aromatic heterocycles. The molecule has 0 unspecified atom stereocenters. The molecular formula is C11H9BrN2O4S2. The highest BCUT2D eigenvalue weighted by atomic mass is 79.9. The highest BCUT2D eigenvalue weighted by Gasteiger charge is 2.19. The molecule has 2 N–H and O–H groups in total. The Labute approximate surface area is 127 Å². The fraction of sp³-hybridized carbons (Fsp3) is 0.0909. The van der Waals surface area contributed by atoms with Crippen LogP contribution in [0.3, 0.4) is 0 Å². The van der Waals surface area contributed by atoms with Crippen molar-refractivity contribution in [3.8, 4) is 0 Å². The number of carboxylic acids is 1. The van der Waals surface area contributed by atoms with E-state index >= 15 is 0 Å². The van der Waals surface area contributed by atoms with Gasteiger partial charge < -0.3 is 5.11 Å². The SMILES string of the molecule is O=C(O)Cc1csc(NS(=O)(=O)c2ccccc2Br)n1. The van der Waals surface area contributed by atoms with Crippen LogP contribution in [0, 0.1) is 0 Å². The minimum Gasteiger partial charge on any atom is -0.481 e. The van der Waals surface area contributed by atoms with Gasteiger partial charge in [0.1, 0.15) is 4.90 Å². The molecular weight excluding hydrogens is 368 g/mol. The van der Waals surface area contributed by atoms with Gasteiger partial charge in [0.15, 0.2) is 5.13 Å². The second-order valence-electron chi connectivity index (χ2n) is 3.75. The first-order chi connectivity index (χ1) is 9.38. The van der Waals surface area contributed by atoms with Gasteiger partial charge in [0.05, 0.1) is 12.1 Å². The second-order valence-corrected chi connectivity index (χ2v) is 7.11. The van der Waals surface area contributed by atoms with E-state index in [-0.39, 0.29) is 16.4 Å². The standard InChI is InChI=1S/C11H9BrN2O4S2/c12-8-3-1-2-4-9(8)20(17,18)14-11-13-7(6-19-11)5-10(15)16/h1-4,6H,5H2,(H,13,14)(H,15,16). The fourth-order valence-electron chi connectivity index (χ4n) is 1.42. The Bertz CT molecular complexity index is 742. The number of sulfonamides is 1. The third-order valence-electron chi connectivity index (χ3n) is 2.23. The molecule has 0 radical (unpaired) electrons. The number of hydrogen-bond donors (Lipinski definition) is 2. The predicted molar refractivity (Wildman–Crippen MR) is 78.4 cm³/mol.